The third-order valence-electron chi connectivity index (χ3n) is 6.23. The number of carbonyl (C=O) groups excluding carboxylic acids is 1. The maximum absolute atomic E-state index is 12.8. The van der Waals surface area contributed by atoms with E-state index in [0.29, 0.717) is 5.69 Å². The van der Waals surface area contributed by atoms with Crippen LogP contribution in [0.15, 0.2) is 40.3 Å². The third kappa shape index (κ3) is 4.14. The number of nitrogens with two attached hydrogens (primary N) is 1. The van der Waals surface area contributed by atoms with Crippen LogP contribution in [0.2, 0.25) is 0 Å². The van der Waals surface area contributed by atoms with Gasteiger partial charge in [-0.3, -0.25) is 9.59 Å². The Labute approximate surface area is 186 Å². The van der Waals surface area contributed by atoms with Crippen LogP contribution in [0.4, 0.5) is 5.69 Å². The number of imidazole rings is 1. The summed E-state index contributed by atoms with van der Waals surface area (Å²) in [6, 6.07) is 5.16. The number of carbonyl (C=O) groups is 1. The standard InChI is InChI=1S/C22H27N5O4S/c1-14-10-18(32(30,31)13-16-4-3-5-16)21(23)22(29)27(14)12-20(28)25-11-17-6-7-19-24-8-9-26(19)15(17)2/h6-10,16H,3-5,11-13,23H2,1-2H3,(H,25,28). The predicted octanol–water partition coefficient (Wildman–Crippen LogP) is 1.59. The zero-order valence-electron chi connectivity index (χ0n) is 18.2. The molecule has 3 aromatic rings. The molecule has 0 spiro atoms. The quantitative estimate of drug-likeness (QED) is 0.554. The number of amides is 1. The molecule has 3 aromatic heterocycles. The van der Waals surface area contributed by atoms with Gasteiger partial charge in [0.05, 0.1) is 10.6 Å². The average Bonchev–Trinajstić information content (AvgIpc) is 3.20. The van der Waals surface area contributed by atoms with Gasteiger partial charge >= 0.3 is 0 Å². The largest absolute Gasteiger partial charge is 0.393 e. The lowest BCUT2D eigenvalue weighted by atomic mass is 9.87. The van der Waals surface area contributed by atoms with E-state index < -0.39 is 15.4 Å². The second-order valence-electron chi connectivity index (χ2n) is 8.41. The Morgan fingerprint density at radius 2 is 2.03 bits per heavy atom. The first-order valence-corrected chi connectivity index (χ1v) is 12.2. The summed E-state index contributed by atoms with van der Waals surface area (Å²) in [5.74, 6) is -0.246. The lowest BCUT2D eigenvalue weighted by molar-refractivity contribution is -0.121. The molecule has 0 atom stereocenters. The number of nitrogen functional groups attached to an aromatic ring is 1. The Bertz CT molecular complexity index is 1350. The van der Waals surface area contributed by atoms with Crippen LogP contribution in [0.1, 0.15) is 36.2 Å². The monoisotopic (exact) mass is 457 g/mol. The number of sulfone groups is 1. The fourth-order valence-electron chi connectivity index (χ4n) is 4.02. The summed E-state index contributed by atoms with van der Waals surface area (Å²) in [6.07, 6.45) is 6.34. The average molecular weight is 458 g/mol. The highest BCUT2D eigenvalue weighted by Gasteiger charge is 2.29. The number of nitrogens with zero attached hydrogens (tertiary/aromatic N) is 3. The molecule has 32 heavy (non-hydrogen) atoms. The Kier molecular flexibility index (Phi) is 5.81. The summed E-state index contributed by atoms with van der Waals surface area (Å²) in [6.45, 7) is 3.59. The second-order valence-corrected chi connectivity index (χ2v) is 10.4. The molecule has 3 heterocycles. The van der Waals surface area contributed by atoms with Gasteiger partial charge in [-0.1, -0.05) is 12.5 Å². The zero-order chi connectivity index (χ0) is 23.0. The smallest absolute Gasteiger partial charge is 0.275 e. The predicted molar refractivity (Wildman–Crippen MR) is 121 cm³/mol. The molecule has 4 rings (SSSR count). The maximum Gasteiger partial charge on any atom is 0.275 e. The highest BCUT2D eigenvalue weighted by molar-refractivity contribution is 7.91. The number of fused-ring (bicyclic) bond motifs is 1. The van der Waals surface area contributed by atoms with Gasteiger partial charge in [-0.2, -0.15) is 0 Å². The number of aromatic nitrogens is 3. The van der Waals surface area contributed by atoms with Crippen molar-refractivity contribution in [2.75, 3.05) is 11.5 Å². The molecule has 3 N–H and O–H groups in total. The molecule has 1 aliphatic rings. The van der Waals surface area contributed by atoms with Gasteiger partial charge in [0.1, 0.15) is 17.9 Å². The molecule has 10 heteroatoms. The first kappa shape index (κ1) is 22.1. The van der Waals surface area contributed by atoms with Crippen molar-refractivity contribution in [1.29, 1.82) is 0 Å². The topological polar surface area (TPSA) is 129 Å². The molecular weight excluding hydrogens is 430 g/mol. The van der Waals surface area contributed by atoms with E-state index in [1.54, 1.807) is 13.1 Å². The number of nitrogens with one attached hydrogen (secondary N) is 1. The summed E-state index contributed by atoms with van der Waals surface area (Å²) in [5.41, 5.74) is 8.01. The van der Waals surface area contributed by atoms with Crippen LogP contribution in [0.5, 0.6) is 0 Å². The molecule has 1 amide bonds. The van der Waals surface area contributed by atoms with Gasteiger partial charge in [-0.15, -0.1) is 0 Å². The Balaban J connectivity index is 1.49. The van der Waals surface area contributed by atoms with E-state index in [9.17, 15) is 18.0 Å². The highest BCUT2D eigenvalue weighted by atomic mass is 32.2. The lowest BCUT2D eigenvalue weighted by Gasteiger charge is -2.25. The molecule has 9 nitrogen and oxygen atoms in total. The van der Waals surface area contributed by atoms with Gasteiger partial charge in [-0.25, -0.2) is 13.4 Å². The molecule has 1 fully saturated rings. The SMILES string of the molecule is Cc1cc(S(=O)(=O)CC2CCC2)c(N)c(=O)n1CC(=O)NCc1ccc2nccn2c1C. The van der Waals surface area contributed by atoms with Crippen LogP contribution in [0, 0.1) is 19.8 Å². The molecule has 0 radical (unpaired) electrons. The molecule has 0 aromatic carbocycles. The van der Waals surface area contributed by atoms with Crippen molar-refractivity contribution in [1.82, 2.24) is 19.3 Å². The summed E-state index contributed by atoms with van der Waals surface area (Å²) in [7, 11) is -3.65. The van der Waals surface area contributed by atoms with Crippen molar-refractivity contribution in [3.63, 3.8) is 0 Å². The van der Waals surface area contributed by atoms with Crippen LogP contribution < -0.4 is 16.6 Å². The number of hydrogen-bond donors (Lipinski definition) is 2. The van der Waals surface area contributed by atoms with Crippen molar-refractivity contribution >= 4 is 27.1 Å². The van der Waals surface area contributed by atoms with Crippen LogP contribution in [-0.4, -0.2) is 34.0 Å². The maximum atomic E-state index is 12.8. The van der Waals surface area contributed by atoms with Gasteiger partial charge in [-0.05, 0) is 50.3 Å². The first-order valence-electron chi connectivity index (χ1n) is 10.6. The molecule has 0 bridgehead atoms. The number of pyridine rings is 2. The van der Waals surface area contributed by atoms with E-state index in [1.165, 1.54) is 10.6 Å². The molecule has 0 unspecified atom stereocenters. The first-order chi connectivity index (χ1) is 15.2. The Morgan fingerprint density at radius 3 is 2.72 bits per heavy atom. The second kappa shape index (κ2) is 8.42. The summed E-state index contributed by atoms with van der Waals surface area (Å²) >= 11 is 0. The van der Waals surface area contributed by atoms with Gasteiger partial charge < -0.3 is 20.0 Å². The van der Waals surface area contributed by atoms with Crippen molar-refractivity contribution in [2.24, 2.45) is 5.92 Å². The van der Waals surface area contributed by atoms with E-state index in [4.69, 9.17) is 5.73 Å². The van der Waals surface area contributed by atoms with Crippen LogP contribution >= 0.6 is 0 Å². The number of aryl methyl sites for hydroxylation is 2. The molecule has 1 aliphatic carbocycles. The zero-order valence-corrected chi connectivity index (χ0v) is 19.0. The fourth-order valence-corrected chi connectivity index (χ4v) is 5.93. The number of rotatable bonds is 7. The minimum Gasteiger partial charge on any atom is -0.393 e. The highest BCUT2D eigenvalue weighted by Crippen LogP contribution is 2.30. The molecule has 170 valence electrons. The normalized spacial score (nSPS) is 14.4. The van der Waals surface area contributed by atoms with Crippen LogP contribution in [0.25, 0.3) is 5.65 Å². The summed E-state index contributed by atoms with van der Waals surface area (Å²) in [4.78, 5) is 29.4. The van der Waals surface area contributed by atoms with E-state index in [-0.39, 0.29) is 41.3 Å². The lowest BCUT2D eigenvalue weighted by Crippen LogP contribution is -2.35. The molecule has 1 saturated carbocycles. The van der Waals surface area contributed by atoms with Gasteiger partial charge in [0.15, 0.2) is 9.84 Å². The van der Waals surface area contributed by atoms with E-state index in [2.05, 4.69) is 10.3 Å². The van der Waals surface area contributed by atoms with Crippen molar-refractivity contribution in [3.8, 4) is 0 Å². The molecule has 0 aliphatic heterocycles. The summed E-state index contributed by atoms with van der Waals surface area (Å²) < 4.78 is 28.6. The Morgan fingerprint density at radius 1 is 1.28 bits per heavy atom. The van der Waals surface area contributed by atoms with E-state index in [1.807, 2.05) is 29.7 Å². The van der Waals surface area contributed by atoms with Crippen molar-refractivity contribution < 1.29 is 13.2 Å². The van der Waals surface area contributed by atoms with Gasteiger partial charge in [0.2, 0.25) is 5.91 Å². The summed E-state index contributed by atoms with van der Waals surface area (Å²) in [5, 5.41) is 2.81. The van der Waals surface area contributed by atoms with Crippen molar-refractivity contribution in [3.05, 3.63) is 57.9 Å². The van der Waals surface area contributed by atoms with Crippen LogP contribution in [0.3, 0.4) is 0 Å². The molecular formula is C22H27N5O4S. The van der Waals surface area contributed by atoms with Gasteiger partial charge in [0.25, 0.3) is 5.56 Å². The van der Waals surface area contributed by atoms with Crippen LogP contribution in [-0.2, 0) is 27.7 Å². The minimum absolute atomic E-state index is 0.00118. The third-order valence-corrected chi connectivity index (χ3v) is 8.15. The van der Waals surface area contributed by atoms with E-state index in [0.717, 1.165) is 36.2 Å². The van der Waals surface area contributed by atoms with Crippen molar-refractivity contribution in [2.45, 2.75) is 51.1 Å². The fraction of sp³-hybridized carbons (Fsp3) is 0.409. The number of anilines is 1. The van der Waals surface area contributed by atoms with Gasteiger partial charge in [0, 0.05) is 30.3 Å². The van der Waals surface area contributed by atoms with E-state index >= 15 is 0 Å². The Hall–Kier alpha value is -3.14. The minimum atomic E-state index is -3.65. The molecule has 0 saturated heterocycles. The number of hydrogen-bond acceptors (Lipinski definition) is 6.